The second-order valence-electron chi connectivity index (χ2n) is 7.08. The zero-order valence-corrected chi connectivity index (χ0v) is 16.8. The van der Waals surface area contributed by atoms with E-state index in [-0.39, 0.29) is 5.69 Å². The summed E-state index contributed by atoms with van der Waals surface area (Å²) in [7, 11) is 1.65. The van der Waals surface area contributed by atoms with Crippen molar-refractivity contribution in [1.29, 1.82) is 0 Å². The number of aromatic hydroxyl groups is 1. The Kier molecular flexibility index (Phi) is 6.02. The molecule has 29 heavy (non-hydrogen) atoms. The Labute approximate surface area is 170 Å². The first-order chi connectivity index (χ1) is 13.9. The van der Waals surface area contributed by atoms with E-state index >= 15 is 0 Å². The number of para-hydroxylation sites is 2. The highest BCUT2D eigenvalue weighted by Crippen LogP contribution is 2.34. The third-order valence-corrected chi connectivity index (χ3v) is 4.39. The maximum absolute atomic E-state index is 12.3. The predicted octanol–water partition coefficient (Wildman–Crippen LogP) is 3.83. The molecular formula is C23H25N3O3. The van der Waals surface area contributed by atoms with Gasteiger partial charge in [0.15, 0.2) is 11.4 Å². The van der Waals surface area contributed by atoms with Crippen LogP contribution >= 0.6 is 0 Å². The van der Waals surface area contributed by atoms with Gasteiger partial charge in [-0.15, -0.1) is 0 Å². The molecule has 3 rings (SSSR count). The van der Waals surface area contributed by atoms with Gasteiger partial charge in [0.2, 0.25) is 0 Å². The maximum Gasteiger partial charge on any atom is 0.251 e. The number of nitrogens with zero attached hydrogens (tertiary/aromatic N) is 2. The van der Waals surface area contributed by atoms with E-state index in [1.54, 1.807) is 7.05 Å². The smallest absolute Gasteiger partial charge is 0.251 e. The fourth-order valence-electron chi connectivity index (χ4n) is 2.89. The molecule has 0 aliphatic heterocycles. The molecule has 6 nitrogen and oxygen atoms in total. The first-order valence-electron chi connectivity index (χ1n) is 9.44. The summed E-state index contributed by atoms with van der Waals surface area (Å²) in [6.07, 6.45) is 1.31. The van der Waals surface area contributed by atoms with Crippen molar-refractivity contribution in [2.75, 3.05) is 13.7 Å². The fourth-order valence-corrected chi connectivity index (χ4v) is 2.89. The van der Waals surface area contributed by atoms with E-state index in [4.69, 9.17) is 4.74 Å². The molecule has 0 aliphatic carbocycles. The summed E-state index contributed by atoms with van der Waals surface area (Å²) < 4.78 is 7.50. The van der Waals surface area contributed by atoms with Crippen LogP contribution < -0.4 is 15.5 Å². The Balaban J connectivity index is 2.17. The van der Waals surface area contributed by atoms with Gasteiger partial charge in [0.05, 0.1) is 24.2 Å². The molecule has 2 N–H and O–H groups in total. The van der Waals surface area contributed by atoms with Crippen molar-refractivity contribution in [1.82, 2.24) is 15.1 Å². The molecule has 0 bridgehead atoms. The molecule has 0 amide bonds. The monoisotopic (exact) mass is 391 g/mol. The maximum atomic E-state index is 12.3. The Morgan fingerprint density at radius 3 is 2.52 bits per heavy atom. The van der Waals surface area contributed by atoms with Crippen LogP contribution in [0.1, 0.15) is 19.5 Å². The lowest BCUT2D eigenvalue weighted by molar-refractivity contribution is 0.272. The lowest BCUT2D eigenvalue weighted by Gasteiger charge is -2.17. The van der Waals surface area contributed by atoms with Gasteiger partial charge in [0.1, 0.15) is 5.75 Å². The first kappa shape index (κ1) is 20.2. The lowest BCUT2D eigenvalue weighted by Crippen LogP contribution is -2.20. The van der Waals surface area contributed by atoms with Crippen molar-refractivity contribution in [3.8, 4) is 28.3 Å². The zero-order chi connectivity index (χ0) is 21.0. The highest BCUT2D eigenvalue weighted by Gasteiger charge is 2.16. The van der Waals surface area contributed by atoms with Gasteiger partial charge < -0.3 is 15.2 Å². The van der Waals surface area contributed by atoms with E-state index in [0.717, 1.165) is 16.9 Å². The molecule has 0 saturated heterocycles. The van der Waals surface area contributed by atoms with Gasteiger partial charge in [-0.2, -0.15) is 5.10 Å². The van der Waals surface area contributed by atoms with Crippen molar-refractivity contribution >= 4 is 5.70 Å². The molecule has 1 heterocycles. The van der Waals surface area contributed by atoms with Gasteiger partial charge in [0, 0.05) is 18.2 Å². The van der Waals surface area contributed by atoms with Gasteiger partial charge in [-0.05, 0) is 18.1 Å². The largest absolute Gasteiger partial charge is 0.503 e. The standard InChI is InChI=1S/C23H25N3O3/c1-15(2)14-29-21-12-8-6-10-18(21)17-9-5-7-11-19(17)26-13-20(27)23(28)22(25-26)16(3)24-4/h5-13,15,24,27H,3,14H2,1-2,4H3. The van der Waals surface area contributed by atoms with Crippen LogP contribution in [0.15, 0.2) is 66.1 Å². The average Bonchev–Trinajstić information content (AvgIpc) is 2.73. The second kappa shape index (κ2) is 8.65. The van der Waals surface area contributed by atoms with Crippen molar-refractivity contribution in [2.45, 2.75) is 13.8 Å². The van der Waals surface area contributed by atoms with E-state index in [2.05, 4.69) is 30.8 Å². The normalized spacial score (nSPS) is 10.8. The van der Waals surface area contributed by atoms with Gasteiger partial charge in [-0.25, -0.2) is 4.68 Å². The Morgan fingerprint density at radius 1 is 1.17 bits per heavy atom. The fraction of sp³-hybridized carbons (Fsp3) is 0.217. The van der Waals surface area contributed by atoms with Crippen LogP contribution in [0.4, 0.5) is 0 Å². The summed E-state index contributed by atoms with van der Waals surface area (Å²) in [5.41, 5.74) is 2.29. The first-order valence-corrected chi connectivity index (χ1v) is 9.44. The van der Waals surface area contributed by atoms with Crippen LogP contribution in [0.2, 0.25) is 0 Å². The molecule has 3 aromatic rings. The van der Waals surface area contributed by atoms with Gasteiger partial charge in [-0.3, -0.25) is 4.79 Å². The van der Waals surface area contributed by atoms with Crippen LogP contribution in [-0.4, -0.2) is 28.5 Å². The molecule has 0 spiro atoms. The van der Waals surface area contributed by atoms with Crippen molar-refractivity contribution in [3.63, 3.8) is 0 Å². The minimum atomic E-state index is -0.571. The summed E-state index contributed by atoms with van der Waals surface area (Å²) in [6.45, 7) is 8.59. The lowest BCUT2D eigenvalue weighted by atomic mass is 10.0. The van der Waals surface area contributed by atoms with E-state index in [9.17, 15) is 9.90 Å². The molecule has 6 heteroatoms. The highest BCUT2D eigenvalue weighted by atomic mass is 16.5. The molecule has 0 aliphatic rings. The van der Waals surface area contributed by atoms with Gasteiger partial charge in [-0.1, -0.05) is 56.8 Å². The quantitative estimate of drug-likeness (QED) is 0.640. The molecule has 0 fully saturated rings. The van der Waals surface area contributed by atoms with Crippen molar-refractivity contribution < 1.29 is 9.84 Å². The number of hydrogen-bond donors (Lipinski definition) is 2. The molecule has 0 saturated carbocycles. The molecule has 0 atom stereocenters. The van der Waals surface area contributed by atoms with Crippen LogP contribution in [0, 0.1) is 5.92 Å². The van der Waals surface area contributed by atoms with Crippen LogP contribution in [0.5, 0.6) is 11.5 Å². The van der Waals surface area contributed by atoms with E-state index < -0.39 is 11.2 Å². The van der Waals surface area contributed by atoms with Crippen molar-refractivity contribution in [3.05, 3.63) is 77.2 Å². The minimum Gasteiger partial charge on any atom is -0.503 e. The summed E-state index contributed by atoms with van der Waals surface area (Å²) >= 11 is 0. The zero-order valence-electron chi connectivity index (χ0n) is 16.8. The summed E-state index contributed by atoms with van der Waals surface area (Å²) in [4.78, 5) is 12.3. The number of aromatic nitrogens is 2. The number of ether oxygens (including phenoxy) is 1. The average molecular weight is 391 g/mol. The minimum absolute atomic E-state index is 0.0617. The van der Waals surface area contributed by atoms with E-state index in [1.807, 2.05) is 48.5 Å². The van der Waals surface area contributed by atoms with Gasteiger partial charge in [0.25, 0.3) is 5.43 Å². The number of benzene rings is 2. The summed E-state index contributed by atoms with van der Waals surface area (Å²) in [5, 5.41) is 17.4. The topological polar surface area (TPSA) is 76.4 Å². The number of rotatable bonds is 7. The highest BCUT2D eigenvalue weighted by molar-refractivity contribution is 5.77. The Bertz CT molecular complexity index is 1090. The third kappa shape index (κ3) is 4.32. The molecule has 150 valence electrons. The molecule has 2 aromatic carbocycles. The summed E-state index contributed by atoms with van der Waals surface area (Å²) in [6, 6.07) is 15.4. The molecular weight excluding hydrogens is 366 g/mol. The molecule has 0 radical (unpaired) electrons. The van der Waals surface area contributed by atoms with E-state index in [0.29, 0.717) is 23.9 Å². The summed E-state index contributed by atoms with van der Waals surface area (Å²) in [5.74, 6) is 0.760. The van der Waals surface area contributed by atoms with Crippen molar-refractivity contribution in [2.24, 2.45) is 5.92 Å². The van der Waals surface area contributed by atoms with Crippen LogP contribution in [-0.2, 0) is 0 Å². The van der Waals surface area contributed by atoms with Crippen LogP contribution in [0.25, 0.3) is 22.5 Å². The Morgan fingerprint density at radius 2 is 1.83 bits per heavy atom. The second-order valence-corrected chi connectivity index (χ2v) is 7.08. The SMILES string of the molecule is C=C(NC)c1nn(-c2ccccc2-c2ccccc2OCC(C)C)cc(O)c1=O. The molecule has 1 aromatic heterocycles. The number of hydrogen-bond acceptors (Lipinski definition) is 5. The van der Waals surface area contributed by atoms with Gasteiger partial charge >= 0.3 is 0 Å². The molecule has 0 unspecified atom stereocenters. The number of nitrogens with one attached hydrogen (secondary N) is 1. The van der Waals surface area contributed by atoms with Crippen LogP contribution in [0.3, 0.4) is 0 Å². The third-order valence-electron chi connectivity index (χ3n) is 4.39. The predicted molar refractivity (Wildman–Crippen MR) is 115 cm³/mol. The van der Waals surface area contributed by atoms with E-state index in [1.165, 1.54) is 10.9 Å². The Hall–Kier alpha value is -3.54.